The van der Waals surface area contributed by atoms with Gasteiger partial charge in [-0.15, -0.1) is 0 Å². The quantitative estimate of drug-likeness (QED) is 0.806. The van der Waals surface area contributed by atoms with Gasteiger partial charge in [0.05, 0.1) is 0 Å². The van der Waals surface area contributed by atoms with E-state index in [0.29, 0.717) is 30.2 Å². The van der Waals surface area contributed by atoms with Crippen LogP contribution in [0.25, 0.3) is 0 Å². The van der Waals surface area contributed by atoms with E-state index in [9.17, 15) is 9.59 Å². The molecule has 6 heteroatoms. The lowest BCUT2D eigenvalue weighted by atomic mass is 10.1. The lowest BCUT2D eigenvalue weighted by Crippen LogP contribution is -2.57. The molecule has 1 atom stereocenters. The minimum Gasteiger partial charge on any atom is -0.454 e. The maximum atomic E-state index is 13.0. The molecule has 2 amide bonds. The molecule has 2 aliphatic heterocycles. The molecule has 1 unspecified atom stereocenters. The average molecular weight is 378 g/mol. The van der Waals surface area contributed by atoms with Gasteiger partial charge in [0, 0.05) is 24.3 Å². The standard InChI is InChI=1S/C22H22N2O4/c1-14-21(25)24(18-7-5-15-3-2-4-16(15)11-18)10-9-23(14)22(26)17-6-8-19-20(12-17)28-13-27-19/h5-8,11-12,14H,2-4,9-10,13H2,1H3. The van der Waals surface area contributed by atoms with Crippen LogP contribution in [-0.2, 0) is 17.6 Å². The number of nitrogens with zero attached hydrogens (tertiary/aromatic N) is 2. The van der Waals surface area contributed by atoms with Crippen LogP contribution in [-0.4, -0.2) is 42.6 Å². The first-order valence-corrected chi connectivity index (χ1v) is 9.75. The van der Waals surface area contributed by atoms with E-state index in [-0.39, 0.29) is 18.6 Å². The van der Waals surface area contributed by atoms with Crippen LogP contribution in [0.5, 0.6) is 11.5 Å². The number of ether oxygens (including phenoxy) is 2. The molecule has 1 fully saturated rings. The third-order valence-electron chi connectivity index (χ3n) is 5.93. The maximum Gasteiger partial charge on any atom is 0.254 e. The van der Waals surface area contributed by atoms with Gasteiger partial charge in [0.1, 0.15) is 6.04 Å². The Morgan fingerprint density at radius 3 is 2.71 bits per heavy atom. The van der Waals surface area contributed by atoms with Crippen molar-refractivity contribution in [2.24, 2.45) is 0 Å². The summed E-state index contributed by atoms with van der Waals surface area (Å²) in [6, 6.07) is 10.9. The van der Waals surface area contributed by atoms with Crippen molar-refractivity contribution in [3.63, 3.8) is 0 Å². The molecule has 0 bridgehead atoms. The molecule has 0 radical (unpaired) electrons. The summed E-state index contributed by atoms with van der Waals surface area (Å²) in [5.74, 6) is 1.01. The fourth-order valence-electron chi connectivity index (χ4n) is 4.33. The van der Waals surface area contributed by atoms with Crippen LogP contribution in [0.3, 0.4) is 0 Å². The lowest BCUT2D eigenvalue weighted by molar-refractivity contribution is -0.124. The number of hydrogen-bond donors (Lipinski definition) is 0. The normalized spacial score (nSPS) is 20.5. The number of rotatable bonds is 2. The number of hydrogen-bond acceptors (Lipinski definition) is 4. The van der Waals surface area contributed by atoms with Crippen LogP contribution in [0.15, 0.2) is 36.4 Å². The molecule has 3 aliphatic rings. The van der Waals surface area contributed by atoms with Crippen molar-refractivity contribution < 1.29 is 19.1 Å². The van der Waals surface area contributed by atoms with Crippen LogP contribution in [0, 0.1) is 0 Å². The number of anilines is 1. The highest BCUT2D eigenvalue weighted by atomic mass is 16.7. The van der Waals surface area contributed by atoms with E-state index in [0.717, 1.165) is 18.5 Å². The summed E-state index contributed by atoms with van der Waals surface area (Å²) in [7, 11) is 0. The van der Waals surface area contributed by atoms with Gasteiger partial charge in [0.2, 0.25) is 12.7 Å². The molecule has 1 aliphatic carbocycles. The van der Waals surface area contributed by atoms with Gasteiger partial charge in [-0.3, -0.25) is 9.59 Å². The van der Waals surface area contributed by atoms with Crippen molar-refractivity contribution in [1.82, 2.24) is 4.90 Å². The summed E-state index contributed by atoms with van der Waals surface area (Å²) >= 11 is 0. The highest BCUT2D eigenvalue weighted by molar-refractivity contribution is 6.03. The number of amides is 2. The highest BCUT2D eigenvalue weighted by Crippen LogP contribution is 2.33. The van der Waals surface area contributed by atoms with Crippen molar-refractivity contribution in [1.29, 1.82) is 0 Å². The zero-order chi connectivity index (χ0) is 19.3. The van der Waals surface area contributed by atoms with Crippen LogP contribution < -0.4 is 14.4 Å². The molecule has 5 rings (SSSR count). The Bertz CT molecular complexity index is 971. The Morgan fingerprint density at radius 2 is 1.82 bits per heavy atom. The van der Waals surface area contributed by atoms with E-state index in [1.54, 1.807) is 30.0 Å². The van der Waals surface area contributed by atoms with E-state index in [2.05, 4.69) is 12.1 Å². The zero-order valence-corrected chi connectivity index (χ0v) is 15.8. The second-order valence-electron chi connectivity index (χ2n) is 7.54. The molecule has 144 valence electrons. The van der Waals surface area contributed by atoms with E-state index in [4.69, 9.17) is 9.47 Å². The Kier molecular flexibility index (Phi) is 4.00. The van der Waals surface area contributed by atoms with Crippen LogP contribution >= 0.6 is 0 Å². The first-order chi connectivity index (χ1) is 13.6. The molecule has 2 aromatic rings. The zero-order valence-electron chi connectivity index (χ0n) is 15.8. The smallest absolute Gasteiger partial charge is 0.254 e. The molecule has 0 N–H and O–H groups in total. The van der Waals surface area contributed by atoms with E-state index < -0.39 is 6.04 Å². The van der Waals surface area contributed by atoms with E-state index >= 15 is 0 Å². The summed E-state index contributed by atoms with van der Waals surface area (Å²) in [5, 5.41) is 0. The van der Waals surface area contributed by atoms with E-state index in [1.807, 2.05) is 11.0 Å². The molecule has 1 saturated heterocycles. The Hall–Kier alpha value is -3.02. The molecular weight excluding hydrogens is 356 g/mol. The largest absolute Gasteiger partial charge is 0.454 e. The first kappa shape index (κ1) is 17.1. The Balaban J connectivity index is 1.35. The summed E-state index contributed by atoms with van der Waals surface area (Å²) in [4.78, 5) is 29.5. The minimum atomic E-state index is -0.514. The summed E-state index contributed by atoms with van der Waals surface area (Å²) in [6.45, 7) is 2.96. The maximum absolute atomic E-state index is 13.0. The Labute approximate surface area is 163 Å². The summed E-state index contributed by atoms with van der Waals surface area (Å²) in [5.41, 5.74) is 4.18. The monoisotopic (exact) mass is 378 g/mol. The SMILES string of the molecule is CC1C(=O)N(c2ccc3c(c2)CCC3)CCN1C(=O)c1ccc2c(c1)OCO2. The molecule has 28 heavy (non-hydrogen) atoms. The number of aryl methyl sites for hydroxylation is 2. The van der Waals surface area contributed by atoms with E-state index in [1.165, 1.54) is 17.5 Å². The highest BCUT2D eigenvalue weighted by Gasteiger charge is 2.36. The number of benzene rings is 2. The van der Waals surface area contributed by atoms with Gasteiger partial charge in [0.15, 0.2) is 11.5 Å². The number of carbonyl (C=O) groups excluding carboxylic acids is 2. The second-order valence-corrected chi connectivity index (χ2v) is 7.54. The molecule has 0 saturated carbocycles. The molecule has 6 nitrogen and oxygen atoms in total. The summed E-state index contributed by atoms with van der Waals surface area (Å²) in [6.07, 6.45) is 3.38. The number of fused-ring (bicyclic) bond motifs is 2. The van der Waals surface area contributed by atoms with Crippen molar-refractivity contribution in [3.05, 3.63) is 53.1 Å². The number of carbonyl (C=O) groups is 2. The van der Waals surface area contributed by atoms with Crippen molar-refractivity contribution in [3.8, 4) is 11.5 Å². The molecular formula is C22H22N2O4. The topological polar surface area (TPSA) is 59.1 Å². The van der Waals surface area contributed by atoms with Crippen LogP contribution in [0.1, 0.15) is 34.8 Å². The molecule has 0 aromatic heterocycles. The average Bonchev–Trinajstić information content (AvgIpc) is 3.37. The third kappa shape index (κ3) is 2.71. The molecule has 0 spiro atoms. The van der Waals surface area contributed by atoms with Crippen LogP contribution in [0.2, 0.25) is 0 Å². The predicted octanol–water partition coefficient (Wildman–Crippen LogP) is 2.78. The lowest BCUT2D eigenvalue weighted by Gasteiger charge is -2.39. The van der Waals surface area contributed by atoms with Gasteiger partial charge in [-0.25, -0.2) is 0 Å². The van der Waals surface area contributed by atoms with Crippen molar-refractivity contribution in [2.75, 3.05) is 24.8 Å². The fourth-order valence-corrected chi connectivity index (χ4v) is 4.33. The third-order valence-corrected chi connectivity index (χ3v) is 5.93. The molecule has 2 aromatic carbocycles. The minimum absolute atomic E-state index is 0.0432. The fraction of sp³-hybridized carbons (Fsp3) is 0.364. The first-order valence-electron chi connectivity index (χ1n) is 9.75. The van der Waals surface area contributed by atoms with Gasteiger partial charge in [0.25, 0.3) is 5.91 Å². The van der Waals surface area contributed by atoms with Crippen LogP contribution in [0.4, 0.5) is 5.69 Å². The van der Waals surface area contributed by atoms with Crippen molar-refractivity contribution >= 4 is 17.5 Å². The predicted molar refractivity (Wildman–Crippen MR) is 104 cm³/mol. The van der Waals surface area contributed by atoms with Gasteiger partial charge in [-0.05, 0) is 67.6 Å². The van der Waals surface area contributed by atoms with Gasteiger partial charge >= 0.3 is 0 Å². The Morgan fingerprint density at radius 1 is 1.00 bits per heavy atom. The molecule has 2 heterocycles. The van der Waals surface area contributed by atoms with Gasteiger partial charge in [-0.1, -0.05) is 6.07 Å². The number of piperazine rings is 1. The summed E-state index contributed by atoms with van der Waals surface area (Å²) < 4.78 is 10.7. The van der Waals surface area contributed by atoms with Gasteiger partial charge < -0.3 is 19.3 Å². The van der Waals surface area contributed by atoms with Gasteiger partial charge in [-0.2, -0.15) is 0 Å². The second kappa shape index (κ2) is 6.55. The van der Waals surface area contributed by atoms with Crippen molar-refractivity contribution in [2.45, 2.75) is 32.2 Å².